The fourth-order valence-electron chi connectivity index (χ4n) is 2.12. The standard InChI is InChI=1S/C18H24N4O3S/c1-4-5-6-16-21-22-18(26-16)20-15(23)11-19-17(24)13-7-9-14(10-8-13)25-12(2)3/h7-10,12H,4-6,11H2,1-3H3,(H,19,24)(H,20,22,23). The third-order valence-electron chi connectivity index (χ3n) is 3.36. The monoisotopic (exact) mass is 376 g/mol. The van der Waals surface area contributed by atoms with E-state index >= 15 is 0 Å². The third kappa shape index (κ3) is 6.44. The first-order valence-electron chi connectivity index (χ1n) is 8.65. The zero-order valence-corrected chi connectivity index (χ0v) is 16.1. The minimum absolute atomic E-state index is 0.0706. The minimum atomic E-state index is -0.337. The van der Waals surface area contributed by atoms with Gasteiger partial charge in [-0.15, -0.1) is 10.2 Å². The zero-order chi connectivity index (χ0) is 18.9. The average molecular weight is 376 g/mol. The highest BCUT2D eigenvalue weighted by molar-refractivity contribution is 7.15. The summed E-state index contributed by atoms with van der Waals surface area (Å²) < 4.78 is 5.53. The van der Waals surface area contributed by atoms with E-state index in [0.29, 0.717) is 16.4 Å². The number of carbonyl (C=O) groups excluding carboxylic acids is 2. The van der Waals surface area contributed by atoms with Crippen LogP contribution in [0.1, 0.15) is 49.0 Å². The van der Waals surface area contributed by atoms with E-state index in [4.69, 9.17) is 4.74 Å². The van der Waals surface area contributed by atoms with Crippen LogP contribution in [0.4, 0.5) is 5.13 Å². The predicted molar refractivity (Wildman–Crippen MR) is 102 cm³/mol. The summed E-state index contributed by atoms with van der Waals surface area (Å²) >= 11 is 1.36. The van der Waals surface area contributed by atoms with Crippen LogP contribution in [-0.4, -0.2) is 34.7 Å². The Hall–Kier alpha value is -2.48. The van der Waals surface area contributed by atoms with E-state index in [-0.39, 0.29) is 24.5 Å². The highest BCUT2D eigenvalue weighted by atomic mass is 32.1. The first-order valence-corrected chi connectivity index (χ1v) is 9.46. The quantitative estimate of drug-likeness (QED) is 0.702. The van der Waals surface area contributed by atoms with Gasteiger partial charge in [-0.25, -0.2) is 0 Å². The van der Waals surface area contributed by atoms with Gasteiger partial charge in [0.15, 0.2) is 0 Å². The summed E-state index contributed by atoms with van der Waals surface area (Å²) in [7, 11) is 0. The number of aryl methyl sites for hydroxylation is 1. The van der Waals surface area contributed by atoms with Crippen molar-refractivity contribution in [2.75, 3.05) is 11.9 Å². The molecular weight excluding hydrogens is 352 g/mol. The average Bonchev–Trinajstić information content (AvgIpc) is 3.05. The van der Waals surface area contributed by atoms with Crippen LogP contribution >= 0.6 is 11.3 Å². The van der Waals surface area contributed by atoms with Gasteiger partial charge in [-0.2, -0.15) is 0 Å². The van der Waals surface area contributed by atoms with Crippen molar-refractivity contribution in [3.05, 3.63) is 34.8 Å². The largest absolute Gasteiger partial charge is 0.491 e. The molecule has 2 amide bonds. The van der Waals surface area contributed by atoms with Crippen LogP contribution in [-0.2, 0) is 11.2 Å². The number of hydrogen-bond acceptors (Lipinski definition) is 6. The Balaban J connectivity index is 1.79. The van der Waals surface area contributed by atoms with Crippen molar-refractivity contribution >= 4 is 28.3 Å². The van der Waals surface area contributed by atoms with Crippen LogP contribution < -0.4 is 15.4 Å². The highest BCUT2D eigenvalue weighted by Crippen LogP contribution is 2.17. The smallest absolute Gasteiger partial charge is 0.251 e. The lowest BCUT2D eigenvalue weighted by Crippen LogP contribution is -2.32. The Bertz CT molecular complexity index is 728. The summed E-state index contributed by atoms with van der Waals surface area (Å²) in [6, 6.07) is 6.79. The Morgan fingerprint density at radius 2 is 1.92 bits per heavy atom. The molecule has 1 heterocycles. The SMILES string of the molecule is CCCCc1nnc(NC(=O)CNC(=O)c2ccc(OC(C)C)cc2)s1. The molecule has 0 radical (unpaired) electrons. The van der Waals surface area contributed by atoms with Gasteiger partial charge in [0.1, 0.15) is 10.8 Å². The van der Waals surface area contributed by atoms with Gasteiger partial charge in [0.25, 0.3) is 5.91 Å². The molecule has 0 aliphatic heterocycles. The van der Waals surface area contributed by atoms with Crippen molar-refractivity contribution in [1.82, 2.24) is 15.5 Å². The number of aromatic nitrogens is 2. The molecule has 1 aromatic heterocycles. The number of nitrogens with zero attached hydrogens (tertiary/aromatic N) is 2. The number of carbonyl (C=O) groups is 2. The van der Waals surface area contributed by atoms with Crippen LogP contribution in [0.2, 0.25) is 0 Å². The Kier molecular flexibility index (Phi) is 7.53. The third-order valence-corrected chi connectivity index (χ3v) is 4.25. The first-order chi connectivity index (χ1) is 12.5. The van der Waals surface area contributed by atoms with E-state index in [2.05, 4.69) is 27.8 Å². The summed E-state index contributed by atoms with van der Waals surface area (Å²) in [5, 5.41) is 14.6. The van der Waals surface area contributed by atoms with Crippen molar-refractivity contribution in [3.63, 3.8) is 0 Å². The highest BCUT2D eigenvalue weighted by Gasteiger charge is 2.11. The van der Waals surface area contributed by atoms with E-state index in [1.165, 1.54) is 11.3 Å². The number of anilines is 1. The zero-order valence-electron chi connectivity index (χ0n) is 15.2. The molecule has 0 saturated heterocycles. The van der Waals surface area contributed by atoms with Gasteiger partial charge in [-0.3, -0.25) is 14.9 Å². The van der Waals surface area contributed by atoms with E-state index < -0.39 is 0 Å². The van der Waals surface area contributed by atoms with Crippen LogP contribution in [0.5, 0.6) is 5.75 Å². The molecule has 8 heteroatoms. The topological polar surface area (TPSA) is 93.2 Å². The molecule has 0 unspecified atom stereocenters. The summed E-state index contributed by atoms with van der Waals surface area (Å²) in [4.78, 5) is 24.0. The lowest BCUT2D eigenvalue weighted by Gasteiger charge is -2.10. The fraction of sp³-hybridized carbons (Fsp3) is 0.444. The molecule has 0 aliphatic rings. The van der Waals surface area contributed by atoms with Gasteiger partial charge < -0.3 is 10.1 Å². The molecule has 140 valence electrons. The predicted octanol–water partition coefficient (Wildman–Crippen LogP) is 3.04. The van der Waals surface area contributed by atoms with Crippen LogP contribution in [0.3, 0.4) is 0 Å². The number of amides is 2. The Labute approximate surface area is 157 Å². The van der Waals surface area contributed by atoms with E-state index in [1.54, 1.807) is 24.3 Å². The lowest BCUT2D eigenvalue weighted by atomic mass is 10.2. The molecule has 1 aromatic carbocycles. The molecule has 2 rings (SSSR count). The second-order valence-corrected chi connectivity index (χ2v) is 7.09. The molecule has 0 atom stereocenters. The van der Waals surface area contributed by atoms with Crippen molar-refractivity contribution in [2.45, 2.75) is 46.1 Å². The second-order valence-electron chi connectivity index (χ2n) is 6.03. The first kappa shape index (κ1) is 19.8. The number of nitrogens with one attached hydrogen (secondary N) is 2. The van der Waals surface area contributed by atoms with Crippen molar-refractivity contribution < 1.29 is 14.3 Å². The number of rotatable bonds is 9. The molecule has 2 N–H and O–H groups in total. The van der Waals surface area contributed by atoms with Gasteiger partial charge in [-0.1, -0.05) is 24.7 Å². The number of benzene rings is 1. The van der Waals surface area contributed by atoms with Crippen molar-refractivity contribution in [2.24, 2.45) is 0 Å². The molecule has 0 spiro atoms. The van der Waals surface area contributed by atoms with Crippen molar-refractivity contribution in [3.8, 4) is 5.75 Å². The van der Waals surface area contributed by atoms with E-state index in [9.17, 15) is 9.59 Å². The maximum absolute atomic E-state index is 12.1. The van der Waals surface area contributed by atoms with Gasteiger partial charge in [0.05, 0.1) is 12.6 Å². The normalized spacial score (nSPS) is 10.6. The van der Waals surface area contributed by atoms with Gasteiger partial charge in [0.2, 0.25) is 11.0 Å². The number of ether oxygens (including phenoxy) is 1. The van der Waals surface area contributed by atoms with Crippen LogP contribution in [0.15, 0.2) is 24.3 Å². The van der Waals surface area contributed by atoms with E-state index in [0.717, 1.165) is 24.3 Å². The molecule has 0 aliphatic carbocycles. The van der Waals surface area contributed by atoms with Gasteiger partial charge in [-0.05, 0) is 44.5 Å². The van der Waals surface area contributed by atoms with E-state index in [1.807, 2.05) is 13.8 Å². The minimum Gasteiger partial charge on any atom is -0.491 e. The summed E-state index contributed by atoms with van der Waals surface area (Å²) in [6.45, 7) is 5.85. The van der Waals surface area contributed by atoms with Crippen LogP contribution in [0.25, 0.3) is 0 Å². The number of unbranched alkanes of at least 4 members (excludes halogenated alkanes) is 1. The molecule has 0 saturated carbocycles. The summed E-state index contributed by atoms with van der Waals surface area (Å²) in [5.74, 6) is 0.0397. The summed E-state index contributed by atoms with van der Waals surface area (Å²) in [5.41, 5.74) is 0.465. The van der Waals surface area contributed by atoms with Crippen LogP contribution in [0, 0.1) is 0 Å². The number of hydrogen-bond donors (Lipinski definition) is 2. The molecule has 7 nitrogen and oxygen atoms in total. The Morgan fingerprint density at radius 3 is 2.58 bits per heavy atom. The molecule has 0 fully saturated rings. The molecule has 0 bridgehead atoms. The Morgan fingerprint density at radius 1 is 1.19 bits per heavy atom. The molecule has 26 heavy (non-hydrogen) atoms. The molecule has 2 aromatic rings. The van der Waals surface area contributed by atoms with Gasteiger partial charge in [0, 0.05) is 12.0 Å². The van der Waals surface area contributed by atoms with Gasteiger partial charge >= 0.3 is 0 Å². The summed E-state index contributed by atoms with van der Waals surface area (Å²) in [6.07, 6.45) is 3.05. The maximum atomic E-state index is 12.1. The second kappa shape index (κ2) is 9.86. The van der Waals surface area contributed by atoms with Crippen molar-refractivity contribution in [1.29, 1.82) is 0 Å². The maximum Gasteiger partial charge on any atom is 0.251 e. The fourth-order valence-corrected chi connectivity index (χ4v) is 2.91. The molecular formula is C18H24N4O3S. The lowest BCUT2D eigenvalue weighted by molar-refractivity contribution is -0.115.